The van der Waals surface area contributed by atoms with Crippen molar-refractivity contribution in [2.24, 2.45) is 5.92 Å². The second kappa shape index (κ2) is 8.73. The molecule has 0 spiro atoms. The van der Waals surface area contributed by atoms with Gasteiger partial charge in [-0.25, -0.2) is 4.79 Å². The van der Waals surface area contributed by atoms with Gasteiger partial charge in [0.05, 0.1) is 12.2 Å². The average molecular weight is 254 g/mol. The zero-order chi connectivity index (χ0) is 14.1. The quantitative estimate of drug-likeness (QED) is 0.349. The fraction of sp³-hybridized carbons (Fsp3) is 0.643. The molecule has 0 fully saturated rings. The highest BCUT2D eigenvalue weighted by Crippen LogP contribution is 2.17. The smallest absolute Gasteiger partial charge is 0.330 e. The van der Waals surface area contributed by atoms with Gasteiger partial charge in [-0.15, -0.1) is 12.3 Å². The van der Waals surface area contributed by atoms with Gasteiger partial charge in [-0.1, -0.05) is 13.0 Å². The van der Waals surface area contributed by atoms with Crippen LogP contribution in [0, 0.1) is 18.3 Å². The molecular weight excluding hydrogens is 232 g/mol. The van der Waals surface area contributed by atoms with Crippen molar-refractivity contribution in [1.82, 2.24) is 0 Å². The summed E-state index contributed by atoms with van der Waals surface area (Å²) in [5.41, 5.74) is 0.197. The molecule has 4 heteroatoms. The summed E-state index contributed by atoms with van der Waals surface area (Å²) in [5, 5.41) is 28.3. The summed E-state index contributed by atoms with van der Waals surface area (Å²) < 4.78 is 0. The van der Waals surface area contributed by atoms with Crippen LogP contribution < -0.4 is 0 Å². The zero-order valence-corrected chi connectivity index (χ0v) is 11.0. The summed E-state index contributed by atoms with van der Waals surface area (Å²) >= 11 is 0. The van der Waals surface area contributed by atoms with E-state index in [4.69, 9.17) is 11.5 Å². The summed E-state index contributed by atoms with van der Waals surface area (Å²) in [6.45, 7) is 3.22. The van der Waals surface area contributed by atoms with Crippen molar-refractivity contribution in [2.45, 2.75) is 51.7 Å². The number of carbonyl (C=O) groups is 1. The molecule has 102 valence electrons. The normalized spacial score (nSPS) is 16.7. The number of hydrogen-bond donors (Lipinski definition) is 3. The monoisotopic (exact) mass is 254 g/mol. The fourth-order valence-electron chi connectivity index (χ4n) is 1.53. The van der Waals surface area contributed by atoms with Crippen LogP contribution in [0.3, 0.4) is 0 Å². The highest BCUT2D eigenvalue weighted by atomic mass is 16.4. The number of carboxylic acids is 1. The standard InChI is InChI=1S/C14H22O4/c1-4-5-6-7-12(15)11(3)13(16)9-8-10(2)14(17)18/h1,8,11-13,15-16H,5-7,9H2,2-3H3,(H,17,18). The SMILES string of the molecule is C#CCCCC(O)C(C)C(O)CC=C(C)C(=O)O. The van der Waals surface area contributed by atoms with Crippen LogP contribution in [0.5, 0.6) is 0 Å². The van der Waals surface area contributed by atoms with E-state index >= 15 is 0 Å². The van der Waals surface area contributed by atoms with Crippen LogP contribution in [0.2, 0.25) is 0 Å². The van der Waals surface area contributed by atoms with Gasteiger partial charge in [0.2, 0.25) is 0 Å². The average Bonchev–Trinajstić information content (AvgIpc) is 2.34. The molecule has 0 aromatic rings. The maximum atomic E-state index is 10.6. The van der Waals surface area contributed by atoms with Crippen LogP contribution in [0.1, 0.15) is 39.5 Å². The molecule has 0 aromatic heterocycles. The van der Waals surface area contributed by atoms with Gasteiger partial charge in [-0.3, -0.25) is 0 Å². The Balaban J connectivity index is 4.17. The first kappa shape index (κ1) is 16.7. The highest BCUT2D eigenvalue weighted by molar-refractivity contribution is 5.85. The molecule has 4 nitrogen and oxygen atoms in total. The maximum Gasteiger partial charge on any atom is 0.330 e. The number of hydrogen-bond acceptors (Lipinski definition) is 3. The van der Waals surface area contributed by atoms with E-state index in [0.29, 0.717) is 12.8 Å². The minimum Gasteiger partial charge on any atom is -0.478 e. The van der Waals surface area contributed by atoms with Gasteiger partial charge in [-0.05, 0) is 26.2 Å². The van der Waals surface area contributed by atoms with Crippen LogP contribution >= 0.6 is 0 Å². The first-order valence-corrected chi connectivity index (χ1v) is 6.09. The van der Waals surface area contributed by atoms with E-state index < -0.39 is 18.2 Å². The Morgan fingerprint density at radius 3 is 2.50 bits per heavy atom. The summed E-state index contributed by atoms with van der Waals surface area (Å²) in [4.78, 5) is 10.6. The van der Waals surface area contributed by atoms with Crippen molar-refractivity contribution in [3.8, 4) is 12.3 Å². The topological polar surface area (TPSA) is 77.8 Å². The molecule has 0 rings (SSSR count). The van der Waals surface area contributed by atoms with Crippen LogP contribution in [-0.2, 0) is 4.79 Å². The molecule has 0 aliphatic carbocycles. The van der Waals surface area contributed by atoms with E-state index in [1.54, 1.807) is 6.92 Å². The number of terminal acetylenes is 1. The Morgan fingerprint density at radius 1 is 1.39 bits per heavy atom. The molecule has 0 aromatic carbocycles. The second-order valence-electron chi connectivity index (χ2n) is 4.52. The van der Waals surface area contributed by atoms with Gasteiger partial charge in [-0.2, -0.15) is 0 Å². The van der Waals surface area contributed by atoms with Gasteiger partial charge in [0, 0.05) is 17.9 Å². The number of rotatable bonds is 8. The van der Waals surface area contributed by atoms with E-state index in [2.05, 4.69) is 5.92 Å². The largest absolute Gasteiger partial charge is 0.478 e. The Kier molecular flexibility index (Phi) is 8.10. The third-order valence-corrected chi connectivity index (χ3v) is 3.04. The van der Waals surface area contributed by atoms with E-state index in [1.807, 2.05) is 0 Å². The lowest BCUT2D eigenvalue weighted by Crippen LogP contribution is -2.29. The predicted octanol–water partition coefficient (Wildman–Crippen LogP) is 1.57. The lowest BCUT2D eigenvalue weighted by atomic mass is 9.92. The van der Waals surface area contributed by atoms with Gasteiger partial charge in [0.1, 0.15) is 0 Å². The van der Waals surface area contributed by atoms with Gasteiger partial charge >= 0.3 is 5.97 Å². The van der Waals surface area contributed by atoms with Gasteiger partial charge < -0.3 is 15.3 Å². The Morgan fingerprint density at radius 2 is 2.00 bits per heavy atom. The first-order valence-electron chi connectivity index (χ1n) is 6.09. The maximum absolute atomic E-state index is 10.6. The van der Waals surface area contributed by atoms with Crippen molar-refractivity contribution < 1.29 is 20.1 Å². The Bertz CT molecular complexity index is 327. The molecule has 0 aliphatic rings. The molecule has 0 aliphatic heterocycles. The lowest BCUT2D eigenvalue weighted by molar-refractivity contribution is -0.132. The van der Waals surface area contributed by atoms with Crippen LogP contribution in [0.25, 0.3) is 0 Å². The summed E-state index contributed by atoms with van der Waals surface area (Å²) in [6.07, 6.45) is 7.32. The number of unbranched alkanes of at least 4 members (excludes halogenated alkanes) is 1. The Labute approximate surface area is 108 Å². The van der Waals surface area contributed by atoms with E-state index in [1.165, 1.54) is 13.0 Å². The number of aliphatic hydroxyl groups excluding tert-OH is 2. The summed E-state index contributed by atoms with van der Waals surface area (Å²) in [6, 6.07) is 0. The first-order chi connectivity index (χ1) is 8.40. The van der Waals surface area contributed by atoms with E-state index in [9.17, 15) is 15.0 Å². The van der Waals surface area contributed by atoms with E-state index in [-0.39, 0.29) is 17.9 Å². The van der Waals surface area contributed by atoms with Gasteiger partial charge in [0.15, 0.2) is 0 Å². The Hall–Kier alpha value is -1.31. The molecular formula is C14H22O4. The minimum absolute atomic E-state index is 0.197. The molecule has 0 radical (unpaired) electrons. The van der Waals surface area contributed by atoms with Crippen molar-refractivity contribution >= 4 is 5.97 Å². The van der Waals surface area contributed by atoms with Crippen LogP contribution in [-0.4, -0.2) is 33.5 Å². The van der Waals surface area contributed by atoms with Crippen molar-refractivity contribution in [3.63, 3.8) is 0 Å². The minimum atomic E-state index is -0.996. The fourth-order valence-corrected chi connectivity index (χ4v) is 1.53. The number of aliphatic hydroxyl groups is 2. The number of carboxylic acid groups (broad SMARTS) is 1. The molecule has 0 bridgehead atoms. The van der Waals surface area contributed by atoms with Crippen molar-refractivity contribution in [3.05, 3.63) is 11.6 Å². The molecule has 3 N–H and O–H groups in total. The number of aliphatic carboxylic acids is 1. The molecule has 0 saturated heterocycles. The zero-order valence-electron chi connectivity index (χ0n) is 11.0. The van der Waals surface area contributed by atoms with Crippen LogP contribution in [0.4, 0.5) is 0 Å². The highest BCUT2D eigenvalue weighted by Gasteiger charge is 2.21. The lowest BCUT2D eigenvalue weighted by Gasteiger charge is -2.23. The molecule has 0 heterocycles. The third kappa shape index (κ3) is 6.43. The summed E-state index contributed by atoms with van der Waals surface area (Å²) in [7, 11) is 0. The van der Waals surface area contributed by atoms with Crippen molar-refractivity contribution in [1.29, 1.82) is 0 Å². The molecule has 0 amide bonds. The van der Waals surface area contributed by atoms with Crippen molar-refractivity contribution in [2.75, 3.05) is 0 Å². The third-order valence-electron chi connectivity index (χ3n) is 3.04. The van der Waals surface area contributed by atoms with E-state index in [0.717, 1.165) is 6.42 Å². The predicted molar refractivity (Wildman–Crippen MR) is 69.9 cm³/mol. The van der Waals surface area contributed by atoms with Crippen LogP contribution in [0.15, 0.2) is 11.6 Å². The molecule has 3 atom stereocenters. The molecule has 18 heavy (non-hydrogen) atoms. The van der Waals surface area contributed by atoms with Gasteiger partial charge in [0.25, 0.3) is 0 Å². The summed E-state index contributed by atoms with van der Waals surface area (Å²) in [5.74, 6) is 1.19. The second-order valence-corrected chi connectivity index (χ2v) is 4.52. The molecule has 0 saturated carbocycles. The molecule has 3 unspecified atom stereocenters.